The number of hydrogen-bond acceptors (Lipinski definition) is 5. The number of ether oxygens (including phenoxy) is 1. The molecule has 0 aliphatic heterocycles. The first-order chi connectivity index (χ1) is 14.2. The van der Waals surface area contributed by atoms with Crippen LogP contribution < -0.4 is 10.6 Å². The predicted molar refractivity (Wildman–Crippen MR) is 125 cm³/mol. The van der Waals surface area contributed by atoms with Crippen LogP contribution in [0.25, 0.3) is 0 Å². The van der Waals surface area contributed by atoms with Crippen LogP contribution in [0.5, 0.6) is 0 Å². The van der Waals surface area contributed by atoms with E-state index in [1.165, 1.54) is 0 Å². The van der Waals surface area contributed by atoms with Crippen molar-refractivity contribution < 1.29 is 19.1 Å². The molecule has 0 aliphatic rings. The van der Waals surface area contributed by atoms with Crippen molar-refractivity contribution in [1.82, 2.24) is 15.5 Å². The summed E-state index contributed by atoms with van der Waals surface area (Å²) in [5.74, 6) is -1.10. The molecule has 1 aromatic carbocycles. The van der Waals surface area contributed by atoms with Gasteiger partial charge in [0.1, 0.15) is 17.7 Å². The van der Waals surface area contributed by atoms with Gasteiger partial charge in [0.15, 0.2) is 0 Å². The Kier molecular flexibility index (Phi) is 9.00. The summed E-state index contributed by atoms with van der Waals surface area (Å²) < 4.78 is 5.22. The van der Waals surface area contributed by atoms with Gasteiger partial charge in [-0.1, -0.05) is 36.3 Å². The average molecular weight is 448 g/mol. The van der Waals surface area contributed by atoms with Gasteiger partial charge in [-0.3, -0.25) is 14.5 Å². The Labute approximate surface area is 190 Å². The minimum Gasteiger partial charge on any atom is -0.444 e. The third-order valence-corrected chi connectivity index (χ3v) is 4.28. The zero-order chi connectivity index (χ0) is 24.0. The lowest BCUT2D eigenvalue weighted by Gasteiger charge is -2.32. The first-order valence-corrected chi connectivity index (χ1v) is 10.6. The molecule has 0 aliphatic carbocycles. The first kappa shape index (κ1) is 26.4. The fraction of sp³-hybridized carbons (Fsp3) is 0.522. The number of nitrogens with zero attached hydrogens (tertiary/aromatic N) is 1. The highest BCUT2D eigenvalue weighted by atomic mass is 32.1. The lowest BCUT2D eigenvalue weighted by molar-refractivity contribution is -0.138. The van der Waals surface area contributed by atoms with E-state index in [-0.39, 0.29) is 5.75 Å². The van der Waals surface area contributed by atoms with Crippen molar-refractivity contribution >= 4 is 30.5 Å². The fourth-order valence-electron chi connectivity index (χ4n) is 2.76. The third-order valence-electron chi connectivity index (χ3n) is 3.91. The van der Waals surface area contributed by atoms with Gasteiger partial charge >= 0.3 is 6.09 Å². The van der Waals surface area contributed by atoms with Crippen LogP contribution in [0, 0.1) is 19.4 Å². The van der Waals surface area contributed by atoms with Crippen molar-refractivity contribution in [2.45, 2.75) is 71.7 Å². The van der Waals surface area contributed by atoms with Crippen LogP contribution in [-0.2, 0) is 14.3 Å². The second-order valence-corrected chi connectivity index (χ2v) is 9.64. The van der Waals surface area contributed by atoms with Gasteiger partial charge in [-0.05, 0) is 54.0 Å². The van der Waals surface area contributed by atoms with Gasteiger partial charge in [-0.15, -0.1) is 0 Å². The minimum atomic E-state index is -1.08. The first-order valence-electron chi connectivity index (χ1n) is 9.97. The quantitative estimate of drug-likeness (QED) is 0.355. The van der Waals surface area contributed by atoms with E-state index in [2.05, 4.69) is 29.3 Å². The molecule has 2 unspecified atom stereocenters. The van der Waals surface area contributed by atoms with Crippen molar-refractivity contribution in [2.75, 3.05) is 5.75 Å². The van der Waals surface area contributed by atoms with E-state index in [1.807, 2.05) is 33.8 Å². The SMILES string of the molecule is C#CN(C(=O)C(CS)NC(=O)OC(C)(C)C)C(C(=O)NC(C)(C)C)c1cccc(C)c1. The molecule has 2 N–H and O–H groups in total. The van der Waals surface area contributed by atoms with Gasteiger partial charge in [0.25, 0.3) is 5.91 Å². The summed E-state index contributed by atoms with van der Waals surface area (Å²) in [5.41, 5.74) is 0.188. The van der Waals surface area contributed by atoms with E-state index >= 15 is 0 Å². The molecular formula is C23H33N3O4S. The summed E-state index contributed by atoms with van der Waals surface area (Å²) >= 11 is 4.18. The van der Waals surface area contributed by atoms with Gasteiger partial charge in [-0.25, -0.2) is 4.79 Å². The van der Waals surface area contributed by atoms with E-state index in [9.17, 15) is 14.4 Å². The molecule has 0 heterocycles. The Bertz CT molecular complexity index is 850. The topological polar surface area (TPSA) is 87.7 Å². The average Bonchev–Trinajstić information content (AvgIpc) is 2.60. The number of rotatable bonds is 6. The van der Waals surface area contributed by atoms with Crippen LogP contribution in [0.3, 0.4) is 0 Å². The Morgan fingerprint density at radius 1 is 1.19 bits per heavy atom. The third kappa shape index (κ3) is 8.54. The molecule has 0 bridgehead atoms. The monoisotopic (exact) mass is 447 g/mol. The zero-order valence-electron chi connectivity index (χ0n) is 19.3. The van der Waals surface area contributed by atoms with Crippen LogP contribution in [0.15, 0.2) is 24.3 Å². The number of terminal acetylenes is 1. The van der Waals surface area contributed by atoms with Crippen LogP contribution in [-0.4, -0.2) is 45.7 Å². The fourth-order valence-corrected chi connectivity index (χ4v) is 3.01. The molecule has 0 saturated heterocycles. The Balaban J connectivity index is 3.30. The number of benzene rings is 1. The molecule has 0 fully saturated rings. The number of nitrogens with one attached hydrogen (secondary N) is 2. The molecule has 3 amide bonds. The number of hydrogen-bond donors (Lipinski definition) is 3. The van der Waals surface area contributed by atoms with Crippen LogP contribution >= 0.6 is 12.6 Å². The van der Waals surface area contributed by atoms with Crippen molar-refractivity contribution in [1.29, 1.82) is 0 Å². The lowest BCUT2D eigenvalue weighted by atomic mass is 10.00. The second kappa shape index (κ2) is 10.6. The Morgan fingerprint density at radius 2 is 1.81 bits per heavy atom. The number of thiol groups is 1. The number of alkyl carbamates (subject to hydrolysis) is 1. The second-order valence-electron chi connectivity index (χ2n) is 9.27. The Hall–Kier alpha value is -2.66. The summed E-state index contributed by atoms with van der Waals surface area (Å²) in [6.45, 7) is 12.5. The van der Waals surface area contributed by atoms with E-state index in [0.29, 0.717) is 5.56 Å². The van der Waals surface area contributed by atoms with Crippen LogP contribution in [0.2, 0.25) is 0 Å². The smallest absolute Gasteiger partial charge is 0.408 e. The highest BCUT2D eigenvalue weighted by Crippen LogP contribution is 2.24. The van der Waals surface area contributed by atoms with Crippen LogP contribution in [0.4, 0.5) is 4.79 Å². The highest BCUT2D eigenvalue weighted by Gasteiger charge is 2.36. The predicted octanol–water partition coefficient (Wildman–Crippen LogP) is 3.19. The Morgan fingerprint density at radius 3 is 2.26 bits per heavy atom. The highest BCUT2D eigenvalue weighted by molar-refractivity contribution is 7.80. The molecule has 1 rings (SSSR count). The summed E-state index contributed by atoms with van der Waals surface area (Å²) in [7, 11) is 0. The molecule has 0 aromatic heterocycles. The van der Waals surface area contributed by atoms with Crippen LogP contribution in [0.1, 0.15) is 58.7 Å². The molecule has 170 valence electrons. The molecule has 31 heavy (non-hydrogen) atoms. The van der Waals surface area contributed by atoms with Crippen molar-refractivity contribution in [2.24, 2.45) is 0 Å². The van der Waals surface area contributed by atoms with Crippen molar-refractivity contribution in [3.63, 3.8) is 0 Å². The number of aryl methyl sites for hydroxylation is 1. The summed E-state index contributed by atoms with van der Waals surface area (Å²) in [5, 5.41) is 5.36. The molecule has 1 aromatic rings. The van der Waals surface area contributed by atoms with E-state index in [1.54, 1.807) is 39.0 Å². The van der Waals surface area contributed by atoms with Gasteiger partial charge in [0.05, 0.1) is 0 Å². The molecule has 0 spiro atoms. The van der Waals surface area contributed by atoms with E-state index < -0.39 is 41.1 Å². The number of carbonyl (C=O) groups excluding carboxylic acids is 3. The number of amides is 3. The minimum absolute atomic E-state index is 0.0301. The molecule has 7 nitrogen and oxygen atoms in total. The normalized spacial score (nSPS) is 13.4. The molecule has 0 saturated carbocycles. The molecular weight excluding hydrogens is 414 g/mol. The van der Waals surface area contributed by atoms with Gasteiger partial charge in [0.2, 0.25) is 5.91 Å². The maximum atomic E-state index is 13.3. The molecule has 0 radical (unpaired) electrons. The molecule has 2 atom stereocenters. The maximum Gasteiger partial charge on any atom is 0.408 e. The van der Waals surface area contributed by atoms with Gasteiger partial charge < -0.3 is 15.4 Å². The summed E-state index contributed by atoms with van der Waals surface area (Å²) in [4.78, 5) is 39.6. The largest absolute Gasteiger partial charge is 0.444 e. The van der Waals surface area contributed by atoms with Gasteiger partial charge in [-0.2, -0.15) is 12.6 Å². The van der Waals surface area contributed by atoms with Crippen molar-refractivity contribution in [3.05, 3.63) is 35.4 Å². The zero-order valence-corrected chi connectivity index (χ0v) is 20.2. The summed E-state index contributed by atoms with van der Waals surface area (Å²) in [6, 6.07) is 7.35. The van der Waals surface area contributed by atoms with E-state index in [0.717, 1.165) is 10.5 Å². The van der Waals surface area contributed by atoms with Crippen molar-refractivity contribution in [3.8, 4) is 12.5 Å². The standard InChI is InChI=1S/C23H33N3O4S/c1-9-26(20(28)17(14-31)24-21(29)30-23(6,7)8)18(19(27)25-22(3,4)5)16-12-10-11-15(2)13-16/h1,10-13,17-18,31H,14H2,2-8H3,(H,24,29)(H,25,27). The lowest BCUT2D eigenvalue weighted by Crippen LogP contribution is -2.53. The number of carbonyl (C=O) groups is 3. The summed E-state index contributed by atoms with van der Waals surface area (Å²) in [6.07, 6.45) is 4.91. The maximum absolute atomic E-state index is 13.3. The van der Waals surface area contributed by atoms with E-state index in [4.69, 9.17) is 11.2 Å². The van der Waals surface area contributed by atoms with Gasteiger partial charge in [0, 0.05) is 17.3 Å². The molecule has 8 heteroatoms.